The largest absolute Gasteiger partial charge is 0.396 e. The van der Waals surface area contributed by atoms with Crippen LogP contribution in [-0.2, 0) is 9.47 Å². The van der Waals surface area contributed by atoms with Gasteiger partial charge < -0.3 is 14.6 Å². The standard InChI is InChI=1S/C6H10O3/c7-3-4-5-6(4)9-2-1-8-5/h4-7H,1-3H2/t5-,6-/m0/s1. The van der Waals surface area contributed by atoms with E-state index < -0.39 is 0 Å². The first-order valence-corrected chi connectivity index (χ1v) is 3.27. The molecular formula is C6H10O3. The van der Waals surface area contributed by atoms with Crippen molar-refractivity contribution in [3.63, 3.8) is 0 Å². The quantitative estimate of drug-likeness (QED) is 0.514. The van der Waals surface area contributed by atoms with Gasteiger partial charge in [-0.1, -0.05) is 0 Å². The van der Waals surface area contributed by atoms with E-state index in [2.05, 4.69) is 0 Å². The maximum atomic E-state index is 8.68. The van der Waals surface area contributed by atoms with Crippen LogP contribution in [0.15, 0.2) is 0 Å². The molecule has 0 aromatic carbocycles. The highest BCUT2D eigenvalue weighted by Gasteiger charge is 2.53. The Morgan fingerprint density at radius 3 is 2.22 bits per heavy atom. The molecule has 2 atom stereocenters. The van der Waals surface area contributed by atoms with Crippen molar-refractivity contribution in [2.24, 2.45) is 5.92 Å². The molecule has 1 saturated heterocycles. The van der Waals surface area contributed by atoms with Gasteiger partial charge in [-0.2, -0.15) is 0 Å². The zero-order valence-electron chi connectivity index (χ0n) is 5.12. The van der Waals surface area contributed by atoms with E-state index in [0.717, 1.165) is 0 Å². The van der Waals surface area contributed by atoms with Gasteiger partial charge in [0.15, 0.2) is 0 Å². The third-order valence-corrected chi connectivity index (χ3v) is 1.94. The first kappa shape index (κ1) is 5.65. The number of ether oxygens (including phenoxy) is 2. The Hall–Kier alpha value is -0.120. The highest BCUT2D eigenvalue weighted by molar-refractivity contribution is 5.01. The zero-order chi connectivity index (χ0) is 6.27. The molecule has 1 N–H and O–H groups in total. The molecule has 0 amide bonds. The molecule has 0 bridgehead atoms. The van der Waals surface area contributed by atoms with E-state index in [-0.39, 0.29) is 24.7 Å². The van der Waals surface area contributed by atoms with Gasteiger partial charge in [-0.15, -0.1) is 0 Å². The summed E-state index contributed by atoms with van der Waals surface area (Å²) in [6.45, 7) is 1.59. The predicted octanol–water partition coefficient (Wildman–Crippen LogP) is -0.608. The molecule has 3 heteroatoms. The summed E-state index contributed by atoms with van der Waals surface area (Å²) in [7, 11) is 0. The van der Waals surface area contributed by atoms with E-state index in [1.54, 1.807) is 0 Å². The van der Waals surface area contributed by atoms with E-state index in [9.17, 15) is 0 Å². The van der Waals surface area contributed by atoms with Crippen molar-refractivity contribution in [3.8, 4) is 0 Å². The fourth-order valence-corrected chi connectivity index (χ4v) is 1.33. The Balaban J connectivity index is 1.91. The Morgan fingerprint density at radius 2 is 1.78 bits per heavy atom. The van der Waals surface area contributed by atoms with Gasteiger partial charge in [-0.05, 0) is 0 Å². The predicted molar refractivity (Wildman–Crippen MR) is 30.1 cm³/mol. The van der Waals surface area contributed by atoms with Gasteiger partial charge in [0.05, 0.1) is 32.0 Å². The third kappa shape index (κ3) is 0.764. The van der Waals surface area contributed by atoms with Crippen molar-refractivity contribution in [2.45, 2.75) is 12.2 Å². The lowest BCUT2D eigenvalue weighted by molar-refractivity contribution is -0.0376. The number of hydrogen-bond acceptors (Lipinski definition) is 3. The zero-order valence-corrected chi connectivity index (χ0v) is 5.12. The first-order valence-electron chi connectivity index (χ1n) is 3.27. The van der Waals surface area contributed by atoms with Gasteiger partial charge in [-0.25, -0.2) is 0 Å². The molecule has 1 aliphatic carbocycles. The van der Waals surface area contributed by atoms with Crippen molar-refractivity contribution < 1.29 is 14.6 Å². The van der Waals surface area contributed by atoms with Gasteiger partial charge in [0.2, 0.25) is 0 Å². The van der Waals surface area contributed by atoms with Crippen LogP contribution >= 0.6 is 0 Å². The lowest BCUT2D eigenvalue weighted by Gasteiger charge is -2.09. The molecular weight excluding hydrogens is 120 g/mol. The molecule has 0 spiro atoms. The Labute approximate surface area is 53.6 Å². The third-order valence-electron chi connectivity index (χ3n) is 1.94. The lowest BCUT2D eigenvalue weighted by Crippen LogP contribution is -2.16. The number of aliphatic hydroxyl groups is 1. The summed E-state index contributed by atoms with van der Waals surface area (Å²) in [6.07, 6.45) is 0.424. The van der Waals surface area contributed by atoms with Crippen LogP contribution in [0.4, 0.5) is 0 Å². The minimum Gasteiger partial charge on any atom is -0.396 e. The molecule has 52 valence electrons. The highest BCUT2D eigenvalue weighted by Crippen LogP contribution is 2.39. The molecule has 2 fully saturated rings. The fraction of sp³-hybridized carbons (Fsp3) is 1.00. The lowest BCUT2D eigenvalue weighted by atomic mass is 10.4. The van der Waals surface area contributed by atoms with Crippen LogP contribution in [-0.4, -0.2) is 37.1 Å². The Morgan fingerprint density at radius 1 is 1.22 bits per heavy atom. The summed E-state index contributed by atoms with van der Waals surface area (Å²) in [4.78, 5) is 0. The van der Waals surface area contributed by atoms with Crippen molar-refractivity contribution >= 4 is 0 Å². The molecule has 0 radical (unpaired) electrons. The molecule has 2 aliphatic rings. The van der Waals surface area contributed by atoms with Crippen LogP contribution in [0, 0.1) is 5.92 Å². The minimum atomic E-state index is 0.204. The SMILES string of the molecule is OCC1[C@@H]2OCCO[C@@H]12. The Kier molecular flexibility index (Phi) is 1.22. The van der Waals surface area contributed by atoms with Crippen LogP contribution in [0.1, 0.15) is 0 Å². The van der Waals surface area contributed by atoms with Crippen LogP contribution in [0.2, 0.25) is 0 Å². The van der Waals surface area contributed by atoms with Crippen molar-refractivity contribution in [1.82, 2.24) is 0 Å². The second-order valence-corrected chi connectivity index (χ2v) is 2.52. The maximum absolute atomic E-state index is 8.68. The van der Waals surface area contributed by atoms with Gasteiger partial charge in [0.1, 0.15) is 0 Å². The second-order valence-electron chi connectivity index (χ2n) is 2.52. The van der Waals surface area contributed by atoms with Crippen LogP contribution in [0.25, 0.3) is 0 Å². The van der Waals surface area contributed by atoms with Crippen molar-refractivity contribution in [1.29, 1.82) is 0 Å². The summed E-state index contributed by atoms with van der Waals surface area (Å²) in [5, 5.41) is 8.68. The average Bonchev–Trinajstić information content (AvgIpc) is 2.60. The van der Waals surface area contributed by atoms with Crippen LogP contribution < -0.4 is 0 Å². The molecule has 1 aliphatic heterocycles. The summed E-state index contributed by atoms with van der Waals surface area (Å²) in [6, 6.07) is 0. The van der Waals surface area contributed by atoms with E-state index in [1.165, 1.54) is 0 Å². The monoisotopic (exact) mass is 130 g/mol. The second kappa shape index (κ2) is 1.94. The number of rotatable bonds is 1. The number of fused-ring (bicyclic) bond motifs is 1. The fourth-order valence-electron chi connectivity index (χ4n) is 1.33. The van der Waals surface area contributed by atoms with Crippen LogP contribution in [0.5, 0.6) is 0 Å². The summed E-state index contributed by atoms with van der Waals surface area (Å²) < 4.78 is 10.5. The van der Waals surface area contributed by atoms with E-state index in [0.29, 0.717) is 13.2 Å². The number of aliphatic hydroxyl groups excluding tert-OH is 1. The van der Waals surface area contributed by atoms with Crippen LogP contribution in [0.3, 0.4) is 0 Å². The topological polar surface area (TPSA) is 38.7 Å². The summed E-state index contributed by atoms with van der Waals surface area (Å²) >= 11 is 0. The van der Waals surface area contributed by atoms with Gasteiger partial charge in [0.25, 0.3) is 0 Å². The van der Waals surface area contributed by atoms with E-state index in [1.807, 2.05) is 0 Å². The first-order chi connectivity index (χ1) is 4.43. The van der Waals surface area contributed by atoms with E-state index >= 15 is 0 Å². The normalized spacial score (nSPS) is 48.3. The average molecular weight is 130 g/mol. The minimum absolute atomic E-state index is 0.204. The maximum Gasteiger partial charge on any atom is 0.0918 e. The molecule has 0 unspecified atom stereocenters. The molecule has 0 aromatic heterocycles. The molecule has 2 rings (SSSR count). The highest BCUT2D eigenvalue weighted by atomic mass is 16.6. The van der Waals surface area contributed by atoms with Crippen molar-refractivity contribution in [2.75, 3.05) is 19.8 Å². The molecule has 3 nitrogen and oxygen atoms in total. The van der Waals surface area contributed by atoms with E-state index in [4.69, 9.17) is 14.6 Å². The molecule has 1 heterocycles. The number of hydrogen-bond donors (Lipinski definition) is 1. The van der Waals surface area contributed by atoms with Gasteiger partial charge >= 0.3 is 0 Å². The molecule has 9 heavy (non-hydrogen) atoms. The molecule has 1 saturated carbocycles. The molecule has 0 aromatic rings. The summed E-state index contributed by atoms with van der Waals surface area (Å²) in [5.41, 5.74) is 0. The smallest absolute Gasteiger partial charge is 0.0918 e. The van der Waals surface area contributed by atoms with Crippen molar-refractivity contribution in [3.05, 3.63) is 0 Å². The Bertz CT molecular complexity index is 96.1. The van der Waals surface area contributed by atoms with Gasteiger partial charge in [0, 0.05) is 5.92 Å². The summed E-state index contributed by atoms with van der Waals surface area (Å²) in [5.74, 6) is 0.271. The van der Waals surface area contributed by atoms with Gasteiger partial charge in [-0.3, -0.25) is 0 Å².